The number of aromatic nitrogens is 1. The van der Waals surface area contributed by atoms with Crippen LogP contribution in [0.5, 0.6) is 5.75 Å². The van der Waals surface area contributed by atoms with Crippen molar-refractivity contribution in [3.8, 4) is 27.6 Å². The van der Waals surface area contributed by atoms with E-state index < -0.39 is 18.1 Å². The van der Waals surface area contributed by atoms with Crippen LogP contribution >= 0.6 is 11.3 Å². The van der Waals surface area contributed by atoms with E-state index in [4.69, 9.17) is 14.5 Å². The zero-order valence-corrected chi connectivity index (χ0v) is 20.8. The van der Waals surface area contributed by atoms with E-state index in [1.807, 2.05) is 60.8 Å². The Morgan fingerprint density at radius 2 is 1.91 bits per heavy atom. The first-order chi connectivity index (χ1) is 16.4. The maximum atomic E-state index is 13.3. The molecule has 0 aliphatic carbocycles. The highest BCUT2D eigenvalue weighted by molar-refractivity contribution is 7.13. The van der Waals surface area contributed by atoms with Crippen LogP contribution in [0.2, 0.25) is 0 Å². The standard InChI is InChI=1S/C27H30N2O4S/c1-5-23-26(30)29(18(4)27(31)32-14-13-17(2)3)22-15-20(11-12-24(22)33-23)21-16-34-25(28-21)19-9-7-6-8-10-19/h6-12,15-18,23H,5,13-14H2,1-4H3. The first-order valence-electron chi connectivity index (χ1n) is 11.7. The molecule has 1 aliphatic heterocycles. The number of esters is 1. The molecule has 0 radical (unpaired) electrons. The number of anilines is 1. The summed E-state index contributed by atoms with van der Waals surface area (Å²) in [5, 5.41) is 2.92. The van der Waals surface area contributed by atoms with Gasteiger partial charge in [-0.15, -0.1) is 11.3 Å². The molecule has 1 aromatic heterocycles. The number of carbonyl (C=O) groups excluding carboxylic acids is 2. The molecule has 0 fully saturated rings. The zero-order chi connectivity index (χ0) is 24.2. The second-order valence-corrected chi connectivity index (χ2v) is 9.69. The molecule has 0 saturated carbocycles. The number of rotatable bonds is 8. The molecule has 34 heavy (non-hydrogen) atoms. The molecule has 3 aromatic rings. The van der Waals surface area contributed by atoms with Crippen molar-refractivity contribution in [1.29, 1.82) is 0 Å². The van der Waals surface area contributed by atoms with E-state index in [1.54, 1.807) is 18.3 Å². The Balaban J connectivity index is 1.65. The average Bonchev–Trinajstić information content (AvgIpc) is 3.33. The van der Waals surface area contributed by atoms with E-state index in [2.05, 4.69) is 13.8 Å². The fourth-order valence-corrected chi connectivity index (χ4v) is 4.68. The fourth-order valence-electron chi connectivity index (χ4n) is 3.84. The van der Waals surface area contributed by atoms with Gasteiger partial charge in [0.15, 0.2) is 6.10 Å². The van der Waals surface area contributed by atoms with Crippen molar-refractivity contribution in [2.24, 2.45) is 5.92 Å². The molecule has 4 rings (SSSR count). The number of amides is 1. The summed E-state index contributed by atoms with van der Waals surface area (Å²) in [4.78, 5) is 32.4. The van der Waals surface area contributed by atoms with Crippen LogP contribution in [-0.4, -0.2) is 35.6 Å². The lowest BCUT2D eigenvalue weighted by molar-refractivity contribution is -0.147. The highest BCUT2D eigenvalue weighted by Gasteiger charge is 2.39. The minimum Gasteiger partial charge on any atom is -0.478 e. The molecule has 2 aromatic carbocycles. The Morgan fingerprint density at radius 3 is 2.62 bits per heavy atom. The van der Waals surface area contributed by atoms with Gasteiger partial charge in [-0.25, -0.2) is 9.78 Å². The Kier molecular flexibility index (Phi) is 7.32. The van der Waals surface area contributed by atoms with Crippen molar-refractivity contribution in [3.05, 3.63) is 53.9 Å². The minimum atomic E-state index is -0.762. The maximum absolute atomic E-state index is 13.3. The van der Waals surface area contributed by atoms with Crippen LogP contribution in [0.3, 0.4) is 0 Å². The summed E-state index contributed by atoms with van der Waals surface area (Å²) in [5.41, 5.74) is 3.29. The monoisotopic (exact) mass is 478 g/mol. The molecule has 0 saturated heterocycles. The van der Waals surface area contributed by atoms with E-state index in [1.165, 1.54) is 4.90 Å². The molecule has 2 heterocycles. The van der Waals surface area contributed by atoms with Crippen LogP contribution in [0, 0.1) is 5.92 Å². The first-order valence-corrected chi connectivity index (χ1v) is 12.6. The summed E-state index contributed by atoms with van der Waals surface area (Å²) in [6.07, 6.45) is 0.660. The van der Waals surface area contributed by atoms with Gasteiger partial charge in [0, 0.05) is 16.5 Å². The molecule has 0 spiro atoms. The van der Waals surface area contributed by atoms with E-state index in [0.29, 0.717) is 30.4 Å². The second kappa shape index (κ2) is 10.4. The molecule has 1 aliphatic rings. The van der Waals surface area contributed by atoms with Crippen molar-refractivity contribution in [3.63, 3.8) is 0 Å². The van der Waals surface area contributed by atoms with Crippen molar-refractivity contribution < 1.29 is 19.1 Å². The summed E-state index contributed by atoms with van der Waals surface area (Å²) in [5.74, 6) is 0.362. The fraction of sp³-hybridized carbons (Fsp3) is 0.370. The van der Waals surface area contributed by atoms with Gasteiger partial charge in [-0.05, 0) is 43.9 Å². The topological polar surface area (TPSA) is 68.7 Å². The quantitative estimate of drug-likeness (QED) is 0.374. The minimum absolute atomic E-state index is 0.233. The predicted octanol–water partition coefficient (Wildman–Crippen LogP) is 5.96. The summed E-state index contributed by atoms with van der Waals surface area (Å²) < 4.78 is 11.5. The molecule has 1 amide bonds. The highest BCUT2D eigenvalue weighted by Crippen LogP contribution is 2.40. The van der Waals surface area contributed by atoms with Gasteiger partial charge in [0.25, 0.3) is 5.91 Å². The Labute approximate surface area is 204 Å². The van der Waals surface area contributed by atoms with Crippen molar-refractivity contribution >= 4 is 28.9 Å². The van der Waals surface area contributed by atoms with Gasteiger partial charge in [-0.2, -0.15) is 0 Å². The Morgan fingerprint density at radius 1 is 1.15 bits per heavy atom. The number of benzene rings is 2. The van der Waals surface area contributed by atoms with Gasteiger partial charge >= 0.3 is 5.97 Å². The number of thiazole rings is 1. The number of nitrogens with zero attached hydrogens (tertiary/aromatic N) is 2. The van der Waals surface area contributed by atoms with E-state index in [-0.39, 0.29) is 5.91 Å². The molecule has 2 unspecified atom stereocenters. The SMILES string of the molecule is CCC1Oc2ccc(-c3csc(-c4ccccc4)n3)cc2N(C(C)C(=O)OCCC(C)C)C1=O. The Bertz CT molecular complexity index is 1160. The lowest BCUT2D eigenvalue weighted by Gasteiger charge is -2.37. The van der Waals surface area contributed by atoms with Crippen LogP contribution in [-0.2, 0) is 14.3 Å². The normalized spacial score (nSPS) is 16.2. The van der Waals surface area contributed by atoms with Crippen LogP contribution in [0.1, 0.15) is 40.5 Å². The third-order valence-corrected chi connectivity index (χ3v) is 6.75. The molecule has 6 nitrogen and oxygen atoms in total. The van der Waals surface area contributed by atoms with Gasteiger partial charge in [0.1, 0.15) is 16.8 Å². The molecular weight excluding hydrogens is 448 g/mol. The number of hydrogen-bond donors (Lipinski definition) is 0. The number of carbonyl (C=O) groups is 2. The van der Waals surface area contributed by atoms with Crippen LogP contribution in [0.25, 0.3) is 21.8 Å². The molecule has 0 bridgehead atoms. The smallest absolute Gasteiger partial charge is 0.328 e. The van der Waals surface area contributed by atoms with Gasteiger partial charge in [-0.1, -0.05) is 51.1 Å². The predicted molar refractivity (Wildman–Crippen MR) is 135 cm³/mol. The highest BCUT2D eigenvalue weighted by atomic mass is 32.1. The van der Waals surface area contributed by atoms with Gasteiger partial charge in [0.2, 0.25) is 0 Å². The van der Waals surface area contributed by atoms with E-state index in [0.717, 1.165) is 28.2 Å². The van der Waals surface area contributed by atoms with Crippen molar-refractivity contribution in [2.45, 2.75) is 52.7 Å². The van der Waals surface area contributed by atoms with Gasteiger partial charge < -0.3 is 9.47 Å². The van der Waals surface area contributed by atoms with Crippen LogP contribution < -0.4 is 9.64 Å². The zero-order valence-electron chi connectivity index (χ0n) is 20.0. The van der Waals surface area contributed by atoms with Gasteiger partial charge in [0.05, 0.1) is 18.0 Å². The first kappa shape index (κ1) is 24.0. The van der Waals surface area contributed by atoms with Gasteiger partial charge in [-0.3, -0.25) is 9.69 Å². The molecule has 178 valence electrons. The summed E-state index contributed by atoms with van der Waals surface area (Å²) in [6.45, 7) is 8.10. The summed E-state index contributed by atoms with van der Waals surface area (Å²) in [6, 6.07) is 14.9. The lowest BCUT2D eigenvalue weighted by Crippen LogP contribution is -2.52. The van der Waals surface area contributed by atoms with Crippen LogP contribution in [0.15, 0.2) is 53.9 Å². The largest absolute Gasteiger partial charge is 0.478 e. The second-order valence-electron chi connectivity index (χ2n) is 8.84. The summed E-state index contributed by atoms with van der Waals surface area (Å²) >= 11 is 1.57. The molecule has 7 heteroatoms. The van der Waals surface area contributed by atoms with Crippen molar-refractivity contribution in [1.82, 2.24) is 4.98 Å². The third-order valence-electron chi connectivity index (χ3n) is 5.86. The maximum Gasteiger partial charge on any atom is 0.328 e. The van der Waals surface area contributed by atoms with E-state index in [9.17, 15) is 9.59 Å². The third kappa shape index (κ3) is 4.99. The van der Waals surface area contributed by atoms with E-state index >= 15 is 0 Å². The van der Waals surface area contributed by atoms with Crippen LogP contribution in [0.4, 0.5) is 5.69 Å². The lowest BCUT2D eigenvalue weighted by atomic mass is 10.1. The van der Waals surface area contributed by atoms with Crippen molar-refractivity contribution in [2.75, 3.05) is 11.5 Å². The molecular formula is C27H30N2O4S. The number of hydrogen-bond acceptors (Lipinski definition) is 6. The molecule has 2 atom stereocenters. The average molecular weight is 479 g/mol. The molecule has 0 N–H and O–H groups in total. The number of fused-ring (bicyclic) bond motifs is 1. The number of ether oxygens (including phenoxy) is 2. The Hall–Kier alpha value is -3.19. The summed E-state index contributed by atoms with van der Waals surface area (Å²) in [7, 11) is 0.